The summed E-state index contributed by atoms with van der Waals surface area (Å²) in [6, 6.07) is 12.4. The highest BCUT2D eigenvalue weighted by Gasteiger charge is 2.15. The van der Waals surface area contributed by atoms with Crippen LogP contribution in [0.2, 0.25) is 0 Å². The largest absolute Gasteiger partial charge is 0.465 e. The van der Waals surface area contributed by atoms with Gasteiger partial charge in [0.15, 0.2) is 0 Å². The van der Waals surface area contributed by atoms with Gasteiger partial charge in [-0.15, -0.1) is 0 Å². The molecular weight excluding hydrogens is 436 g/mol. The van der Waals surface area contributed by atoms with E-state index in [1.54, 1.807) is 24.3 Å². The number of nitrogen functional groups attached to an aromatic ring is 1. The lowest BCUT2D eigenvalue weighted by molar-refractivity contribution is 0.0591. The van der Waals surface area contributed by atoms with Crippen molar-refractivity contribution in [3.63, 3.8) is 0 Å². The predicted octanol–water partition coefficient (Wildman–Crippen LogP) is 2.43. The number of nitrogens with two attached hydrogens (primary N) is 1. The molecule has 3 N–H and O–H groups in total. The van der Waals surface area contributed by atoms with Crippen molar-refractivity contribution in [1.29, 1.82) is 0 Å². The first kappa shape index (κ1) is 24.3. The minimum atomic E-state index is -3.70. The van der Waals surface area contributed by atoms with Crippen molar-refractivity contribution < 1.29 is 27.5 Å². The molecule has 2 aromatic heterocycles. The van der Waals surface area contributed by atoms with Crippen LogP contribution in [0.25, 0.3) is 0 Å². The summed E-state index contributed by atoms with van der Waals surface area (Å²) in [6.45, 7) is 1.87. The number of pyridine rings is 2. The van der Waals surface area contributed by atoms with Gasteiger partial charge in [-0.1, -0.05) is 17.7 Å². The Labute approximate surface area is 185 Å². The fourth-order valence-corrected chi connectivity index (χ4v) is 3.26. The van der Waals surface area contributed by atoms with Gasteiger partial charge in [0.25, 0.3) is 10.0 Å². The second-order valence-corrected chi connectivity index (χ2v) is 7.99. The lowest BCUT2D eigenvalue weighted by atomic mass is 10.2. The van der Waals surface area contributed by atoms with Crippen LogP contribution in [-0.4, -0.2) is 44.5 Å². The Balaban J connectivity index is 0.000000278. The Morgan fingerprint density at radius 2 is 1.38 bits per heavy atom. The maximum absolute atomic E-state index is 12.1. The van der Waals surface area contributed by atoms with E-state index in [9.17, 15) is 18.0 Å². The number of nitrogens with one attached hydrogen (secondary N) is 1. The molecule has 0 amide bonds. The summed E-state index contributed by atoms with van der Waals surface area (Å²) in [5, 5.41) is 0. The van der Waals surface area contributed by atoms with Crippen molar-refractivity contribution in [2.75, 3.05) is 24.7 Å². The quantitative estimate of drug-likeness (QED) is 0.549. The molecule has 32 heavy (non-hydrogen) atoms. The molecule has 0 unspecified atom stereocenters. The third-order valence-corrected chi connectivity index (χ3v) is 5.33. The molecule has 2 heterocycles. The third-order valence-electron chi connectivity index (χ3n) is 3.96. The number of aryl methyl sites for hydroxylation is 1. The van der Waals surface area contributed by atoms with Gasteiger partial charge in [0.2, 0.25) is 0 Å². The molecule has 0 saturated carbocycles. The summed E-state index contributed by atoms with van der Waals surface area (Å²) in [4.78, 5) is 29.8. The van der Waals surface area contributed by atoms with Gasteiger partial charge in [-0.3, -0.25) is 4.72 Å². The molecule has 3 aromatic rings. The van der Waals surface area contributed by atoms with Crippen molar-refractivity contribution in [2.45, 2.75) is 11.8 Å². The normalized spacial score (nSPS) is 10.3. The van der Waals surface area contributed by atoms with E-state index in [0.717, 1.165) is 5.56 Å². The topological polar surface area (TPSA) is 151 Å². The molecule has 11 heteroatoms. The molecule has 3 rings (SSSR count). The SMILES string of the molecule is COC(=O)c1ccc(N)nc1.COC(=O)c1ccc(NS(=O)(=O)c2ccc(C)cc2)nc1. The number of nitrogens with zero attached hydrogens (tertiary/aromatic N) is 2. The molecule has 0 fully saturated rings. The van der Waals surface area contributed by atoms with E-state index in [1.807, 2.05) is 6.92 Å². The van der Waals surface area contributed by atoms with Crippen LogP contribution in [0.1, 0.15) is 26.3 Å². The predicted molar refractivity (Wildman–Crippen MR) is 118 cm³/mol. The molecular formula is C21H22N4O6S. The lowest BCUT2D eigenvalue weighted by Crippen LogP contribution is -2.14. The number of ether oxygens (including phenoxy) is 2. The molecule has 0 bridgehead atoms. The Hall–Kier alpha value is -3.99. The van der Waals surface area contributed by atoms with E-state index in [1.165, 1.54) is 50.9 Å². The average Bonchev–Trinajstić information content (AvgIpc) is 2.79. The second kappa shape index (κ2) is 10.9. The molecule has 10 nitrogen and oxygen atoms in total. The zero-order valence-corrected chi connectivity index (χ0v) is 18.4. The van der Waals surface area contributed by atoms with E-state index in [4.69, 9.17) is 5.73 Å². The molecule has 1 aromatic carbocycles. The van der Waals surface area contributed by atoms with E-state index in [0.29, 0.717) is 11.4 Å². The molecule has 168 valence electrons. The van der Waals surface area contributed by atoms with Gasteiger partial charge in [0.05, 0.1) is 30.2 Å². The fourth-order valence-electron chi connectivity index (χ4n) is 2.25. The minimum Gasteiger partial charge on any atom is -0.465 e. The summed E-state index contributed by atoms with van der Waals surface area (Å²) in [5.41, 5.74) is 6.92. The number of esters is 2. The summed E-state index contributed by atoms with van der Waals surface area (Å²) in [6.07, 6.45) is 2.62. The van der Waals surface area contributed by atoms with Crippen molar-refractivity contribution >= 4 is 33.6 Å². The molecule has 0 radical (unpaired) electrons. The highest BCUT2D eigenvalue weighted by Crippen LogP contribution is 2.15. The number of benzene rings is 1. The van der Waals surface area contributed by atoms with Crippen molar-refractivity contribution in [2.24, 2.45) is 0 Å². The summed E-state index contributed by atoms with van der Waals surface area (Å²) in [5.74, 6) is -0.422. The summed E-state index contributed by atoms with van der Waals surface area (Å²) >= 11 is 0. The Morgan fingerprint density at radius 1 is 0.844 bits per heavy atom. The van der Waals surface area contributed by atoms with Crippen LogP contribution in [0.3, 0.4) is 0 Å². The Morgan fingerprint density at radius 3 is 1.81 bits per heavy atom. The van der Waals surface area contributed by atoms with E-state index >= 15 is 0 Å². The van der Waals surface area contributed by atoms with Crippen LogP contribution >= 0.6 is 0 Å². The third kappa shape index (κ3) is 6.77. The maximum atomic E-state index is 12.1. The number of rotatable bonds is 5. The van der Waals surface area contributed by atoms with Crippen LogP contribution in [0.5, 0.6) is 0 Å². The van der Waals surface area contributed by atoms with Gasteiger partial charge in [0.1, 0.15) is 11.6 Å². The van der Waals surface area contributed by atoms with Gasteiger partial charge >= 0.3 is 11.9 Å². The van der Waals surface area contributed by atoms with Crippen LogP contribution in [0.4, 0.5) is 11.6 Å². The zero-order chi connectivity index (χ0) is 23.7. The number of hydrogen-bond acceptors (Lipinski definition) is 9. The van der Waals surface area contributed by atoms with Gasteiger partial charge in [-0.25, -0.2) is 28.0 Å². The molecule has 0 aliphatic heterocycles. The smallest absolute Gasteiger partial charge is 0.339 e. The first-order valence-electron chi connectivity index (χ1n) is 9.10. The molecule has 0 atom stereocenters. The van der Waals surface area contributed by atoms with Crippen LogP contribution < -0.4 is 10.5 Å². The molecule has 0 aliphatic carbocycles. The van der Waals surface area contributed by atoms with Crippen LogP contribution in [0.15, 0.2) is 65.8 Å². The number of anilines is 2. The van der Waals surface area contributed by atoms with Crippen molar-refractivity contribution in [3.05, 3.63) is 77.6 Å². The number of carbonyl (C=O) groups is 2. The van der Waals surface area contributed by atoms with Gasteiger partial charge in [-0.2, -0.15) is 0 Å². The highest BCUT2D eigenvalue weighted by atomic mass is 32.2. The number of hydrogen-bond donors (Lipinski definition) is 2. The lowest BCUT2D eigenvalue weighted by Gasteiger charge is -2.08. The molecule has 0 spiro atoms. The number of sulfonamides is 1. The highest BCUT2D eigenvalue weighted by molar-refractivity contribution is 7.92. The summed E-state index contributed by atoms with van der Waals surface area (Å²) in [7, 11) is -1.12. The average molecular weight is 458 g/mol. The Kier molecular flexibility index (Phi) is 8.24. The number of aromatic nitrogens is 2. The fraction of sp³-hybridized carbons (Fsp3) is 0.143. The first-order valence-corrected chi connectivity index (χ1v) is 10.6. The maximum Gasteiger partial charge on any atom is 0.339 e. The summed E-state index contributed by atoms with van der Waals surface area (Å²) < 4.78 is 35.6. The molecule has 0 saturated heterocycles. The van der Waals surface area contributed by atoms with Gasteiger partial charge in [-0.05, 0) is 43.3 Å². The second-order valence-electron chi connectivity index (χ2n) is 6.31. The van der Waals surface area contributed by atoms with E-state index in [2.05, 4.69) is 24.2 Å². The monoisotopic (exact) mass is 458 g/mol. The number of carbonyl (C=O) groups excluding carboxylic acids is 2. The number of methoxy groups -OCH3 is 2. The van der Waals surface area contributed by atoms with E-state index < -0.39 is 22.0 Å². The van der Waals surface area contributed by atoms with Crippen molar-refractivity contribution in [3.8, 4) is 0 Å². The molecule has 0 aliphatic rings. The first-order chi connectivity index (χ1) is 15.2. The standard InChI is InChI=1S/C14H14N2O4S.C7H8N2O2/c1-10-3-6-12(7-4-10)21(18,19)16-13-8-5-11(9-15-13)14(17)20-2;1-11-7(10)5-2-3-6(8)9-4-5/h3-9H,1-2H3,(H,15,16);2-4H,1H3,(H2,8,9). The van der Waals surface area contributed by atoms with Gasteiger partial charge in [0, 0.05) is 12.4 Å². The van der Waals surface area contributed by atoms with Crippen molar-refractivity contribution in [1.82, 2.24) is 9.97 Å². The van der Waals surface area contributed by atoms with Crippen LogP contribution in [-0.2, 0) is 19.5 Å². The van der Waals surface area contributed by atoms with Gasteiger partial charge < -0.3 is 15.2 Å². The van der Waals surface area contributed by atoms with E-state index in [-0.39, 0.29) is 16.3 Å². The Bertz CT molecular complexity index is 1160. The van der Waals surface area contributed by atoms with Crippen LogP contribution in [0, 0.1) is 6.92 Å². The minimum absolute atomic E-state index is 0.128. The zero-order valence-electron chi connectivity index (χ0n) is 17.6.